The molecule has 1 aliphatic rings. The summed E-state index contributed by atoms with van der Waals surface area (Å²) in [5, 5.41) is 9.01. The van der Waals surface area contributed by atoms with Crippen LogP contribution in [0.3, 0.4) is 0 Å². The summed E-state index contributed by atoms with van der Waals surface area (Å²) in [4.78, 5) is 7.57. The van der Waals surface area contributed by atoms with Crippen molar-refractivity contribution in [1.82, 2.24) is 10.4 Å². The molecule has 0 unspecified atom stereocenters. The Balaban J connectivity index is 2.10. The van der Waals surface area contributed by atoms with Crippen LogP contribution in [0, 0.1) is 11.3 Å². The van der Waals surface area contributed by atoms with Crippen LogP contribution in [-0.2, 0) is 0 Å². The van der Waals surface area contributed by atoms with Crippen LogP contribution < -0.4 is 21.9 Å². The second-order valence-electron chi connectivity index (χ2n) is 4.89. The largest absolute Gasteiger partial charge is 0.395 e. The van der Waals surface area contributed by atoms with Crippen molar-refractivity contribution < 1.29 is 0 Å². The lowest BCUT2D eigenvalue weighted by atomic mass is 10.2. The van der Waals surface area contributed by atoms with E-state index < -0.39 is 0 Å². The Labute approximate surface area is 126 Å². The van der Waals surface area contributed by atoms with Gasteiger partial charge in [0.2, 0.25) is 0 Å². The fraction of sp³-hybridized carbons (Fsp3) is 0.286. The molecule has 0 radical (unpaired) electrons. The van der Waals surface area contributed by atoms with E-state index in [-0.39, 0.29) is 5.70 Å². The van der Waals surface area contributed by atoms with Gasteiger partial charge < -0.3 is 16.1 Å². The van der Waals surface area contributed by atoms with E-state index in [1.807, 2.05) is 24.4 Å². The van der Waals surface area contributed by atoms with E-state index in [0.717, 1.165) is 28.2 Å². The Morgan fingerprint density at radius 2 is 2.19 bits per heavy atom. The van der Waals surface area contributed by atoms with Crippen LogP contribution in [0.2, 0.25) is 0 Å². The fourth-order valence-electron chi connectivity index (χ4n) is 2.56. The van der Waals surface area contributed by atoms with Crippen LogP contribution >= 0.6 is 11.3 Å². The summed E-state index contributed by atoms with van der Waals surface area (Å²) in [5.74, 6) is 5.32. The monoisotopic (exact) mass is 300 g/mol. The van der Waals surface area contributed by atoms with Gasteiger partial charge in [0.15, 0.2) is 5.70 Å². The lowest BCUT2D eigenvalue weighted by molar-refractivity contribution is 0.921. The van der Waals surface area contributed by atoms with Crippen molar-refractivity contribution in [3.05, 3.63) is 28.9 Å². The Bertz CT molecular complexity index is 735. The van der Waals surface area contributed by atoms with Crippen LogP contribution in [0.1, 0.15) is 17.7 Å². The Kier molecular flexibility index (Phi) is 3.64. The Morgan fingerprint density at radius 1 is 1.43 bits per heavy atom. The minimum atomic E-state index is 0.171. The van der Waals surface area contributed by atoms with Gasteiger partial charge in [-0.1, -0.05) is 0 Å². The highest BCUT2D eigenvalue weighted by atomic mass is 32.1. The van der Waals surface area contributed by atoms with Crippen molar-refractivity contribution in [2.75, 3.05) is 18.0 Å². The SMILES string of the molecule is N#C/C(NN)=C(/N)c1cc2nccc(N3CCCC3)c2s1. The second-order valence-corrected chi connectivity index (χ2v) is 5.95. The zero-order valence-electron chi connectivity index (χ0n) is 11.5. The molecular formula is C14H16N6S. The highest BCUT2D eigenvalue weighted by Gasteiger charge is 2.18. The number of hydrogen-bond donors (Lipinski definition) is 3. The minimum Gasteiger partial charge on any atom is -0.395 e. The molecule has 0 saturated carbocycles. The molecule has 1 saturated heterocycles. The molecule has 3 heterocycles. The summed E-state index contributed by atoms with van der Waals surface area (Å²) in [6, 6.07) is 5.91. The first kappa shape index (κ1) is 13.7. The molecule has 3 rings (SSSR count). The molecule has 0 amide bonds. The van der Waals surface area contributed by atoms with Gasteiger partial charge in [-0.05, 0) is 25.0 Å². The van der Waals surface area contributed by atoms with E-state index in [1.54, 1.807) is 11.3 Å². The van der Waals surface area contributed by atoms with E-state index >= 15 is 0 Å². The van der Waals surface area contributed by atoms with Crippen LogP contribution in [0.15, 0.2) is 24.0 Å². The van der Waals surface area contributed by atoms with Gasteiger partial charge in [0, 0.05) is 19.3 Å². The third-order valence-electron chi connectivity index (χ3n) is 3.63. The maximum Gasteiger partial charge on any atom is 0.152 e. The summed E-state index contributed by atoms with van der Waals surface area (Å²) in [7, 11) is 0. The van der Waals surface area contributed by atoms with Crippen molar-refractivity contribution in [2.24, 2.45) is 11.6 Å². The van der Waals surface area contributed by atoms with Gasteiger partial charge in [0.05, 0.1) is 26.5 Å². The van der Waals surface area contributed by atoms with Gasteiger partial charge in [-0.3, -0.25) is 4.98 Å². The van der Waals surface area contributed by atoms with Gasteiger partial charge in [0.25, 0.3) is 0 Å². The molecule has 6 nitrogen and oxygen atoms in total. The maximum absolute atomic E-state index is 9.01. The molecular weight excluding hydrogens is 284 g/mol. The van der Waals surface area contributed by atoms with E-state index in [1.165, 1.54) is 18.5 Å². The number of nitrogens with zero attached hydrogens (tertiary/aromatic N) is 3. The summed E-state index contributed by atoms with van der Waals surface area (Å²) < 4.78 is 1.10. The van der Waals surface area contributed by atoms with E-state index in [0.29, 0.717) is 5.70 Å². The number of nitrogens with two attached hydrogens (primary N) is 2. The summed E-state index contributed by atoms with van der Waals surface area (Å²) in [6.45, 7) is 2.15. The Hall–Kier alpha value is -2.30. The van der Waals surface area contributed by atoms with Gasteiger partial charge in [-0.2, -0.15) is 5.26 Å². The van der Waals surface area contributed by atoms with Crippen molar-refractivity contribution in [2.45, 2.75) is 12.8 Å². The van der Waals surface area contributed by atoms with Gasteiger partial charge in [0.1, 0.15) is 6.07 Å². The number of thiophene rings is 1. The second kappa shape index (κ2) is 5.60. The first-order chi connectivity index (χ1) is 10.2. The molecule has 0 aromatic carbocycles. The molecule has 5 N–H and O–H groups in total. The molecule has 108 valence electrons. The quantitative estimate of drug-likeness (QED) is 0.451. The van der Waals surface area contributed by atoms with Crippen molar-refractivity contribution in [3.63, 3.8) is 0 Å². The third kappa shape index (κ3) is 2.39. The number of hydrogen-bond acceptors (Lipinski definition) is 7. The maximum atomic E-state index is 9.01. The van der Waals surface area contributed by atoms with Crippen LogP contribution in [0.4, 0.5) is 5.69 Å². The molecule has 0 aliphatic carbocycles. The van der Waals surface area contributed by atoms with Crippen LogP contribution in [0.25, 0.3) is 15.9 Å². The summed E-state index contributed by atoms with van der Waals surface area (Å²) in [6.07, 6.45) is 4.26. The zero-order chi connectivity index (χ0) is 14.8. The number of fused-ring (bicyclic) bond motifs is 1. The number of anilines is 1. The molecule has 1 fully saturated rings. The van der Waals surface area contributed by atoms with Gasteiger partial charge in [-0.15, -0.1) is 11.3 Å². The molecule has 0 atom stereocenters. The number of nitrogens with one attached hydrogen (secondary N) is 1. The van der Waals surface area contributed by atoms with Crippen molar-refractivity contribution in [3.8, 4) is 6.07 Å². The minimum absolute atomic E-state index is 0.171. The highest BCUT2D eigenvalue weighted by Crippen LogP contribution is 2.36. The Morgan fingerprint density at radius 3 is 2.86 bits per heavy atom. The molecule has 1 aliphatic heterocycles. The predicted octanol–water partition coefficient (Wildman–Crippen LogP) is 1.51. The van der Waals surface area contributed by atoms with E-state index in [2.05, 4.69) is 15.3 Å². The average molecular weight is 300 g/mol. The van der Waals surface area contributed by atoms with Crippen LogP contribution in [0.5, 0.6) is 0 Å². The third-order valence-corrected chi connectivity index (χ3v) is 4.81. The topological polar surface area (TPSA) is 104 Å². The number of nitriles is 1. The smallest absolute Gasteiger partial charge is 0.152 e. The fourth-order valence-corrected chi connectivity index (χ4v) is 3.68. The highest BCUT2D eigenvalue weighted by molar-refractivity contribution is 7.20. The lowest BCUT2D eigenvalue weighted by Gasteiger charge is -2.17. The molecule has 2 aromatic heterocycles. The number of rotatable bonds is 3. The van der Waals surface area contributed by atoms with Crippen LogP contribution in [-0.4, -0.2) is 18.1 Å². The zero-order valence-corrected chi connectivity index (χ0v) is 12.3. The predicted molar refractivity (Wildman–Crippen MR) is 85.1 cm³/mol. The first-order valence-electron chi connectivity index (χ1n) is 6.75. The van der Waals surface area contributed by atoms with E-state index in [4.69, 9.17) is 16.8 Å². The molecule has 2 aromatic rings. The molecule has 0 spiro atoms. The number of hydrazine groups is 1. The average Bonchev–Trinajstić information content (AvgIpc) is 3.17. The number of aromatic nitrogens is 1. The summed E-state index contributed by atoms with van der Waals surface area (Å²) in [5.41, 5.74) is 11.0. The lowest BCUT2D eigenvalue weighted by Crippen LogP contribution is -2.23. The summed E-state index contributed by atoms with van der Waals surface area (Å²) >= 11 is 1.54. The van der Waals surface area contributed by atoms with Crippen molar-refractivity contribution >= 4 is 32.9 Å². The van der Waals surface area contributed by atoms with Crippen molar-refractivity contribution in [1.29, 1.82) is 5.26 Å². The normalized spacial score (nSPS) is 15.9. The molecule has 21 heavy (non-hydrogen) atoms. The van der Waals surface area contributed by atoms with E-state index in [9.17, 15) is 0 Å². The number of allylic oxidation sites excluding steroid dienone is 1. The molecule has 7 heteroatoms. The standard InChI is InChI=1S/C14H16N6S/c15-8-10(19-17)13(16)12-7-9-14(21-12)11(3-4-18-9)20-5-1-2-6-20/h3-4,7,19H,1-2,5-6,16-17H2/b13-10-. The number of pyridine rings is 1. The molecule has 0 bridgehead atoms. The van der Waals surface area contributed by atoms with Gasteiger partial charge in [-0.25, -0.2) is 5.84 Å². The van der Waals surface area contributed by atoms with Gasteiger partial charge >= 0.3 is 0 Å². The first-order valence-corrected chi connectivity index (χ1v) is 7.56.